The Morgan fingerprint density at radius 1 is 1.12 bits per heavy atom. The van der Waals surface area contributed by atoms with Gasteiger partial charge in [0.15, 0.2) is 0 Å². The van der Waals surface area contributed by atoms with Gasteiger partial charge >= 0.3 is 0 Å². The maximum Gasteiger partial charge on any atom is 0.215 e. The SMILES string of the molecule is CC1CCCC(C)N1S(=O)(=O)CCNC1CC1. The number of hydrogen-bond acceptors (Lipinski definition) is 3. The summed E-state index contributed by atoms with van der Waals surface area (Å²) in [5.74, 6) is 0.248. The molecule has 5 heteroatoms. The van der Waals surface area contributed by atoms with Gasteiger partial charge in [0, 0.05) is 24.7 Å². The maximum atomic E-state index is 12.3. The van der Waals surface area contributed by atoms with Crippen LogP contribution in [0.4, 0.5) is 0 Å². The molecule has 100 valence electrons. The van der Waals surface area contributed by atoms with E-state index in [2.05, 4.69) is 5.32 Å². The second-order valence-electron chi connectivity index (χ2n) is 5.50. The summed E-state index contributed by atoms with van der Waals surface area (Å²) in [6.45, 7) is 4.66. The minimum absolute atomic E-state index is 0.171. The van der Waals surface area contributed by atoms with Crippen LogP contribution in [-0.2, 0) is 10.0 Å². The summed E-state index contributed by atoms with van der Waals surface area (Å²) in [5.41, 5.74) is 0. The molecular weight excluding hydrogens is 236 g/mol. The zero-order chi connectivity index (χ0) is 12.5. The fourth-order valence-corrected chi connectivity index (χ4v) is 4.62. The van der Waals surface area contributed by atoms with E-state index in [1.54, 1.807) is 4.31 Å². The van der Waals surface area contributed by atoms with Crippen molar-refractivity contribution in [3.05, 3.63) is 0 Å². The molecular formula is C12H24N2O2S. The first-order valence-electron chi connectivity index (χ1n) is 6.75. The van der Waals surface area contributed by atoms with Crippen molar-refractivity contribution in [1.29, 1.82) is 0 Å². The molecule has 1 aliphatic carbocycles. The van der Waals surface area contributed by atoms with Gasteiger partial charge in [-0.15, -0.1) is 0 Å². The molecule has 0 aromatic carbocycles. The van der Waals surface area contributed by atoms with Crippen LogP contribution in [0.2, 0.25) is 0 Å². The highest BCUT2D eigenvalue weighted by molar-refractivity contribution is 7.89. The molecule has 1 N–H and O–H groups in total. The molecule has 1 aliphatic heterocycles. The van der Waals surface area contributed by atoms with E-state index in [1.165, 1.54) is 12.8 Å². The van der Waals surface area contributed by atoms with E-state index < -0.39 is 10.0 Å². The van der Waals surface area contributed by atoms with Crippen LogP contribution in [0.5, 0.6) is 0 Å². The average Bonchev–Trinajstić information content (AvgIpc) is 3.00. The zero-order valence-electron chi connectivity index (χ0n) is 10.9. The quantitative estimate of drug-likeness (QED) is 0.811. The van der Waals surface area contributed by atoms with Crippen LogP contribution in [0.1, 0.15) is 46.0 Å². The molecule has 0 radical (unpaired) electrons. The zero-order valence-corrected chi connectivity index (χ0v) is 11.7. The third-order valence-electron chi connectivity index (χ3n) is 3.80. The highest BCUT2D eigenvalue weighted by Gasteiger charge is 2.34. The maximum absolute atomic E-state index is 12.3. The van der Waals surface area contributed by atoms with Crippen molar-refractivity contribution in [3.8, 4) is 0 Å². The Morgan fingerprint density at radius 2 is 1.71 bits per heavy atom. The molecule has 1 heterocycles. The molecule has 17 heavy (non-hydrogen) atoms. The van der Waals surface area contributed by atoms with Crippen LogP contribution in [0, 0.1) is 0 Å². The Hall–Kier alpha value is -0.130. The first-order valence-corrected chi connectivity index (χ1v) is 8.36. The van der Waals surface area contributed by atoms with E-state index in [4.69, 9.17) is 0 Å². The lowest BCUT2D eigenvalue weighted by Gasteiger charge is -2.37. The van der Waals surface area contributed by atoms with Crippen molar-refractivity contribution in [1.82, 2.24) is 9.62 Å². The van der Waals surface area contributed by atoms with Crippen LogP contribution in [0.3, 0.4) is 0 Å². The van der Waals surface area contributed by atoms with Crippen molar-refractivity contribution >= 4 is 10.0 Å². The smallest absolute Gasteiger partial charge is 0.215 e. The number of nitrogens with one attached hydrogen (secondary N) is 1. The van der Waals surface area contributed by atoms with Crippen LogP contribution in [0.25, 0.3) is 0 Å². The molecule has 0 aromatic rings. The molecule has 2 rings (SSSR count). The summed E-state index contributed by atoms with van der Waals surface area (Å²) >= 11 is 0. The molecule has 0 aromatic heterocycles. The molecule has 2 fully saturated rings. The third-order valence-corrected chi connectivity index (χ3v) is 5.89. The molecule has 1 saturated carbocycles. The van der Waals surface area contributed by atoms with E-state index >= 15 is 0 Å². The van der Waals surface area contributed by atoms with Gasteiger partial charge in [-0.25, -0.2) is 8.42 Å². The van der Waals surface area contributed by atoms with Crippen LogP contribution >= 0.6 is 0 Å². The lowest BCUT2D eigenvalue weighted by molar-refractivity contribution is 0.204. The van der Waals surface area contributed by atoms with E-state index in [-0.39, 0.29) is 17.8 Å². The Morgan fingerprint density at radius 3 is 2.24 bits per heavy atom. The fraction of sp³-hybridized carbons (Fsp3) is 1.00. The van der Waals surface area contributed by atoms with Gasteiger partial charge in [-0.3, -0.25) is 0 Å². The Labute approximate surface area is 105 Å². The summed E-state index contributed by atoms with van der Waals surface area (Å²) in [6.07, 6.45) is 5.56. The molecule has 4 nitrogen and oxygen atoms in total. The number of nitrogens with zero attached hydrogens (tertiary/aromatic N) is 1. The minimum Gasteiger partial charge on any atom is -0.313 e. The van der Waals surface area contributed by atoms with Gasteiger partial charge < -0.3 is 5.32 Å². The van der Waals surface area contributed by atoms with Crippen LogP contribution in [-0.4, -0.2) is 43.1 Å². The highest BCUT2D eigenvalue weighted by Crippen LogP contribution is 2.26. The molecule has 2 aliphatic rings. The van der Waals surface area contributed by atoms with Crippen molar-refractivity contribution in [3.63, 3.8) is 0 Å². The average molecular weight is 260 g/mol. The first-order chi connectivity index (χ1) is 8.00. The molecule has 0 bridgehead atoms. The number of hydrogen-bond donors (Lipinski definition) is 1. The van der Waals surface area contributed by atoms with Gasteiger partial charge in [0.25, 0.3) is 0 Å². The second kappa shape index (κ2) is 5.24. The van der Waals surface area contributed by atoms with E-state index in [0.29, 0.717) is 12.6 Å². The van der Waals surface area contributed by atoms with Gasteiger partial charge in [-0.05, 0) is 39.5 Å². The summed E-state index contributed by atoms with van der Waals surface area (Å²) in [6, 6.07) is 0.927. The lowest BCUT2D eigenvalue weighted by atomic mass is 10.0. The van der Waals surface area contributed by atoms with Crippen LogP contribution < -0.4 is 5.32 Å². The summed E-state index contributed by atoms with van der Waals surface area (Å²) in [4.78, 5) is 0. The van der Waals surface area contributed by atoms with Crippen molar-refractivity contribution in [2.75, 3.05) is 12.3 Å². The normalized spacial score (nSPS) is 31.6. The van der Waals surface area contributed by atoms with Gasteiger partial charge in [0.1, 0.15) is 0 Å². The van der Waals surface area contributed by atoms with Gasteiger partial charge in [0.05, 0.1) is 5.75 Å². The van der Waals surface area contributed by atoms with Gasteiger partial charge in [-0.2, -0.15) is 4.31 Å². The van der Waals surface area contributed by atoms with E-state index in [1.807, 2.05) is 13.8 Å². The third kappa shape index (κ3) is 3.42. The van der Waals surface area contributed by atoms with Gasteiger partial charge in [0.2, 0.25) is 10.0 Å². The van der Waals surface area contributed by atoms with Gasteiger partial charge in [-0.1, -0.05) is 6.42 Å². The highest BCUT2D eigenvalue weighted by atomic mass is 32.2. The topological polar surface area (TPSA) is 49.4 Å². The Kier molecular flexibility index (Phi) is 4.10. The molecule has 0 amide bonds. The largest absolute Gasteiger partial charge is 0.313 e. The lowest BCUT2D eigenvalue weighted by Crippen LogP contribution is -2.49. The van der Waals surface area contributed by atoms with Crippen LogP contribution in [0.15, 0.2) is 0 Å². The standard InChI is InChI=1S/C12H24N2O2S/c1-10-4-3-5-11(2)14(10)17(15,16)9-8-13-12-6-7-12/h10-13H,3-9H2,1-2H3. The van der Waals surface area contributed by atoms with E-state index in [9.17, 15) is 8.42 Å². The molecule has 2 unspecified atom stereocenters. The predicted molar refractivity (Wildman–Crippen MR) is 69.4 cm³/mol. The fourth-order valence-electron chi connectivity index (χ4n) is 2.73. The van der Waals surface area contributed by atoms with Crippen molar-refractivity contribution in [2.45, 2.75) is 64.1 Å². The van der Waals surface area contributed by atoms with Crippen molar-refractivity contribution < 1.29 is 8.42 Å². The monoisotopic (exact) mass is 260 g/mol. The number of sulfonamides is 1. The minimum atomic E-state index is -3.08. The number of rotatable bonds is 5. The summed E-state index contributed by atoms with van der Waals surface area (Å²) in [7, 11) is -3.08. The molecule has 2 atom stereocenters. The summed E-state index contributed by atoms with van der Waals surface area (Å²) < 4.78 is 26.3. The first kappa shape index (κ1) is 13.3. The van der Waals surface area contributed by atoms with E-state index in [0.717, 1.165) is 19.3 Å². The Bertz CT molecular complexity index is 342. The van der Waals surface area contributed by atoms with Crippen molar-refractivity contribution in [2.24, 2.45) is 0 Å². The second-order valence-corrected chi connectivity index (χ2v) is 7.50. The Balaban J connectivity index is 1.91. The predicted octanol–water partition coefficient (Wildman–Crippen LogP) is 1.33. The number of piperidine rings is 1. The molecule has 1 saturated heterocycles. The molecule has 0 spiro atoms. The summed E-state index contributed by atoms with van der Waals surface area (Å²) in [5, 5.41) is 3.28.